The maximum absolute atomic E-state index is 12.9. The molecule has 3 aromatic rings. The highest BCUT2D eigenvalue weighted by Crippen LogP contribution is 2.31. The van der Waals surface area contributed by atoms with Crippen LogP contribution in [0.4, 0.5) is 0 Å². The van der Waals surface area contributed by atoms with Gasteiger partial charge in [0.05, 0.1) is 11.3 Å². The number of nitrogens with one attached hydrogen (secondary N) is 1. The molecule has 1 aliphatic rings. The van der Waals surface area contributed by atoms with Gasteiger partial charge in [0.15, 0.2) is 0 Å². The van der Waals surface area contributed by atoms with Crippen LogP contribution in [0, 0.1) is 0 Å². The minimum absolute atomic E-state index is 0.109. The van der Waals surface area contributed by atoms with Gasteiger partial charge in [-0.05, 0) is 42.2 Å². The molecule has 0 spiro atoms. The highest BCUT2D eigenvalue weighted by molar-refractivity contribution is 6.17. The van der Waals surface area contributed by atoms with Crippen molar-refractivity contribution in [1.82, 2.24) is 9.88 Å². The summed E-state index contributed by atoms with van der Waals surface area (Å²) in [6.07, 6.45) is 2.95. The van der Waals surface area contributed by atoms with E-state index in [9.17, 15) is 14.7 Å². The van der Waals surface area contributed by atoms with Gasteiger partial charge >= 0.3 is 5.97 Å². The highest BCUT2D eigenvalue weighted by atomic mass is 16.4. The highest BCUT2D eigenvalue weighted by Gasteiger charge is 2.26. The lowest BCUT2D eigenvalue weighted by atomic mass is 10.0. The number of H-pyrrole nitrogens is 1. The Balaban J connectivity index is 1.75. The molecule has 0 atom stereocenters. The zero-order valence-corrected chi connectivity index (χ0v) is 15.0. The summed E-state index contributed by atoms with van der Waals surface area (Å²) in [4.78, 5) is 29.6. The first-order valence-corrected chi connectivity index (χ1v) is 9.03. The van der Waals surface area contributed by atoms with Crippen LogP contribution in [0.3, 0.4) is 0 Å². The molecule has 1 aliphatic heterocycles. The van der Waals surface area contributed by atoms with Gasteiger partial charge in [0.2, 0.25) is 0 Å². The molecule has 5 nitrogen and oxygen atoms in total. The number of carboxylic acid groups (broad SMARTS) is 1. The second-order valence-corrected chi connectivity index (χ2v) is 6.67. The fourth-order valence-corrected chi connectivity index (χ4v) is 3.58. The van der Waals surface area contributed by atoms with E-state index in [4.69, 9.17) is 0 Å². The van der Waals surface area contributed by atoms with E-state index in [1.54, 1.807) is 12.1 Å². The van der Waals surface area contributed by atoms with Crippen molar-refractivity contribution in [3.8, 4) is 0 Å². The van der Waals surface area contributed by atoms with Gasteiger partial charge in [-0.1, -0.05) is 37.3 Å². The predicted octanol–water partition coefficient (Wildman–Crippen LogP) is 3.85. The lowest BCUT2D eigenvalue weighted by Gasteiger charge is -2.17. The van der Waals surface area contributed by atoms with Gasteiger partial charge in [-0.2, -0.15) is 0 Å². The number of aliphatic carboxylic acids is 1. The fourth-order valence-electron chi connectivity index (χ4n) is 3.58. The molecule has 0 radical (unpaired) electrons. The van der Waals surface area contributed by atoms with Crippen molar-refractivity contribution >= 4 is 28.4 Å². The number of carbonyl (C=O) groups excluding carboxylic acids is 1. The van der Waals surface area contributed by atoms with E-state index in [0.29, 0.717) is 24.2 Å². The number of amides is 1. The van der Waals surface area contributed by atoms with Gasteiger partial charge in [0, 0.05) is 29.2 Å². The van der Waals surface area contributed by atoms with Crippen LogP contribution in [-0.4, -0.2) is 33.4 Å². The van der Waals surface area contributed by atoms with Crippen molar-refractivity contribution in [2.75, 3.05) is 6.54 Å². The van der Waals surface area contributed by atoms with Crippen LogP contribution in [0.5, 0.6) is 0 Å². The van der Waals surface area contributed by atoms with Gasteiger partial charge < -0.3 is 15.0 Å². The Morgan fingerprint density at radius 3 is 2.56 bits per heavy atom. The van der Waals surface area contributed by atoms with Crippen LogP contribution in [0.2, 0.25) is 0 Å². The first-order valence-electron chi connectivity index (χ1n) is 9.03. The van der Waals surface area contributed by atoms with E-state index in [2.05, 4.69) is 11.9 Å². The summed E-state index contributed by atoms with van der Waals surface area (Å²) in [5.74, 6) is -1.24. The van der Waals surface area contributed by atoms with E-state index < -0.39 is 5.97 Å². The number of hydrogen-bond donors (Lipinski definition) is 2. The SMILES string of the molecule is CCc1ccc(C(=O)N2C=C(C(=O)O)c3[nH]c4ccccc4c3CC2)cc1. The largest absolute Gasteiger partial charge is 0.478 e. The third-order valence-electron chi connectivity index (χ3n) is 5.07. The first-order chi connectivity index (χ1) is 13.1. The van der Waals surface area contributed by atoms with Crippen molar-refractivity contribution in [3.05, 3.63) is 77.1 Å². The van der Waals surface area contributed by atoms with Crippen molar-refractivity contribution in [3.63, 3.8) is 0 Å². The number of carboxylic acids is 1. The zero-order valence-electron chi connectivity index (χ0n) is 15.0. The molecule has 2 heterocycles. The Kier molecular flexibility index (Phi) is 4.28. The molecule has 0 saturated heterocycles. The normalized spacial score (nSPS) is 13.8. The van der Waals surface area contributed by atoms with Crippen molar-refractivity contribution in [1.29, 1.82) is 0 Å². The molecular weight excluding hydrogens is 340 g/mol. The van der Waals surface area contributed by atoms with E-state index >= 15 is 0 Å². The minimum Gasteiger partial charge on any atom is -0.478 e. The quantitative estimate of drug-likeness (QED) is 0.745. The summed E-state index contributed by atoms with van der Waals surface area (Å²) in [7, 11) is 0. The molecule has 0 bridgehead atoms. The van der Waals surface area contributed by atoms with Crippen LogP contribution in [0.15, 0.2) is 54.7 Å². The Morgan fingerprint density at radius 2 is 1.85 bits per heavy atom. The van der Waals surface area contributed by atoms with Gasteiger partial charge in [-0.15, -0.1) is 0 Å². The molecule has 0 saturated carbocycles. The number of para-hydroxylation sites is 1. The lowest BCUT2D eigenvalue weighted by molar-refractivity contribution is -0.130. The van der Waals surface area contributed by atoms with Crippen LogP contribution in [0.25, 0.3) is 16.5 Å². The molecule has 136 valence electrons. The first kappa shape index (κ1) is 17.1. The molecular formula is C22H20N2O3. The summed E-state index contributed by atoms with van der Waals surface area (Å²) in [5, 5.41) is 10.7. The van der Waals surface area contributed by atoms with E-state index in [1.165, 1.54) is 11.1 Å². The number of carbonyl (C=O) groups is 2. The standard InChI is InChI=1S/C22H20N2O3/c1-2-14-7-9-15(10-8-14)21(25)24-12-11-17-16-5-3-4-6-19(16)23-20(17)18(13-24)22(26)27/h3-10,13,23H,2,11-12H2,1H3,(H,26,27). The number of benzene rings is 2. The lowest BCUT2D eigenvalue weighted by Crippen LogP contribution is -2.27. The molecule has 2 N–H and O–H groups in total. The van der Waals surface area contributed by atoms with Gasteiger partial charge in [-0.25, -0.2) is 4.79 Å². The molecule has 1 amide bonds. The van der Waals surface area contributed by atoms with Crippen LogP contribution in [-0.2, 0) is 17.6 Å². The molecule has 1 aromatic heterocycles. The minimum atomic E-state index is -1.05. The van der Waals surface area contributed by atoms with Gasteiger partial charge in [-0.3, -0.25) is 4.79 Å². The molecule has 0 unspecified atom stereocenters. The number of fused-ring (bicyclic) bond motifs is 3. The summed E-state index contributed by atoms with van der Waals surface area (Å²) < 4.78 is 0. The van der Waals surface area contributed by atoms with Crippen LogP contribution in [0.1, 0.15) is 34.1 Å². The smallest absolute Gasteiger partial charge is 0.339 e. The molecule has 0 aliphatic carbocycles. The van der Waals surface area contributed by atoms with E-state index in [0.717, 1.165) is 28.5 Å². The van der Waals surface area contributed by atoms with Crippen molar-refractivity contribution in [2.45, 2.75) is 19.8 Å². The van der Waals surface area contributed by atoms with Crippen LogP contribution >= 0.6 is 0 Å². The number of aromatic nitrogens is 1. The van der Waals surface area contributed by atoms with Crippen molar-refractivity contribution < 1.29 is 14.7 Å². The van der Waals surface area contributed by atoms with Gasteiger partial charge in [0.1, 0.15) is 0 Å². The summed E-state index contributed by atoms with van der Waals surface area (Å²) in [6, 6.07) is 15.2. The summed E-state index contributed by atoms with van der Waals surface area (Å²) in [6.45, 7) is 2.49. The molecule has 27 heavy (non-hydrogen) atoms. The Hall–Kier alpha value is -3.34. The van der Waals surface area contributed by atoms with Crippen LogP contribution < -0.4 is 0 Å². The van der Waals surface area contributed by atoms with E-state index in [-0.39, 0.29) is 11.5 Å². The second kappa shape index (κ2) is 6.76. The summed E-state index contributed by atoms with van der Waals surface area (Å²) in [5.41, 5.74) is 4.26. The third kappa shape index (κ3) is 3.01. The summed E-state index contributed by atoms with van der Waals surface area (Å²) >= 11 is 0. The number of hydrogen-bond acceptors (Lipinski definition) is 2. The third-order valence-corrected chi connectivity index (χ3v) is 5.07. The topological polar surface area (TPSA) is 73.4 Å². The molecule has 0 fully saturated rings. The predicted molar refractivity (Wildman–Crippen MR) is 104 cm³/mol. The van der Waals surface area contributed by atoms with Crippen molar-refractivity contribution in [2.24, 2.45) is 0 Å². The van der Waals surface area contributed by atoms with E-state index in [1.807, 2.05) is 36.4 Å². The number of nitrogens with zero attached hydrogens (tertiary/aromatic N) is 1. The fraction of sp³-hybridized carbons (Fsp3) is 0.182. The average Bonchev–Trinajstić information content (AvgIpc) is 2.94. The number of aryl methyl sites for hydroxylation is 1. The Bertz CT molecular complexity index is 1060. The Labute approximate surface area is 156 Å². The monoisotopic (exact) mass is 360 g/mol. The maximum atomic E-state index is 12.9. The number of rotatable bonds is 3. The average molecular weight is 360 g/mol. The molecule has 2 aromatic carbocycles. The molecule has 4 rings (SSSR count). The van der Waals surface area contributed by atoms with Gasteiger partial charge in [0.25, 0.3) is 5.91 Å². The molecule has 5 heteroatoms. The zero-order chi connectivity index (χ0) is 19.0. The second-order valence-electron chi connectivity index (χ2n) is 6.67. The number of aromatic amines is 1. The maximum Gasteiger partial charge on any atom is 0.339 e. The Morgan fingerprint density at radius 1 is 1.11 bits per heavy atom.